The molecule has 2 aromatic rings. The van der Waals surface area contributed by atoms with Crippen LogP contribution in [0.5, 0.6) is 5.75 Å². The predicted molar refractivity (Wildman–Crippen MR) is 76.8 cm³/mol. The van der Waals surface area contributed by atoms with E-state index in [0.29, 0.717) is 12.2 Å². The van der Waals surface area contributed by atoms with Gasteiger partial charge in [-0.05, 0) is 55.2 Å². The molecule has 19 heavy (non-hydrogen) atoms. The molecule has 2 rings (SSSR count). The Hall–Kier alpha value is -2.09. The standard InChI is InChI=1S/C17H18O2/c1-14-5-2-3-6-16(14)7-4-12-19-17-10-8-15(13-18)9-11-17/h2-3,5-6,8-11,13H,4,7,12H2,1H3. The monoisotopic (exact) mass is 254 g/mol. The lowest BCUT2D eigenvalue weighted by Crippen LogP contribution is -2.00. The van der Waals surface area contributed by atoms with E-state index in [4.69, 9.17) is 4.74 Å². The van der Waals surface area contributed by atoms with Crippen molar-refractivity contribution < 1.29 is 9.53 Å². The molecule has 0 N–H and O–H groups in total. The quantitative estimate of drug-likeness (QED) is 0.578. The van der Waals surface area contributed by atoms with Crippen molar-refractivity contribution in [2.45, 2.75) is 19.8 Å². The molecule has 0 spiro atoms. The maximum atomic E-state index is 10.5. The first-order valence-corrected chi connectivity index (χ1v) is 6.52. The molecule has 0 aromatic heterocycles. The number of carbonyl (C=O) groups is 1. The summed E-state index contributed by atoms with van der Waals surface area (Å²) in [6, 6.07) is 15.6. The second-order valence-electron chi connectivity index (χ2n) is 4.57. The summed E-state index contributed by atoms with van der Waals surface area (Å²) in [5, 5.41) is 0. The van der Waals surface area contributed by atoms with Gasteiger partial charge in [0.25, 0.3) is 0 Å². The number of hydrogen-bond acceptors (Lipinski definition) is 2. The summed E-state index contributed by atoms with van der Waals surface area (Å²) < 4.78 is 5.65. The maximum Gasteiger partial charge on any atom is 0.150 e. The molecule has 0 bridgehead atoms. The van der Waals surface area contributed by atoms with E-state index >= 15 is 0 Å². The largest absolute Gasteiger partial charge is 0.494 e. The van der Waals surface area contributed by atoms with Gasteiger partial charge in [-0.1, -0.05) is 24.3 Å². The van der Waals surface area contributed by atoms with E-state index in [2.05, 4.69) is 31.2 Å². The summed E-state index contributed by atoms with van der Waals surface area (Å²) in [6.07, 6.45) is 2.85. The smallest absolute Gasteiger partial charge is 0.150 e. The van der Waals surface area contributed by atoms with Gasteiger partial charge in [-0.15, -0.1) is 0 Å². The fourth-order valence-electron chi connectivity index (χ4n) is 1.99. The van der Waals surface area contributed by atoms with E-state index < -0.39 is 0 Å². The van der Waals surface area contributed by atoms with Crippen molar-refractivity contribution in [1.82, 2.24) is 0 Å². The zero-order valence-electron chi connectivity index (χ0n) is 11.1. The first-order valence-electron chi connectivity index (χ1n) is 6.52. The Balaban J connectivity index is 1.77. The third kappa shape index (κ3) is 3.95. The van der Waals surface area contributed by atoms with Gasteiger partial charge in [0.1, 0.15) is 12.0 Å². The highest BCUT2D eigenvalue weighted by atomic mass is 16.5. The minimum atomic E-state index is 0.673. The highest BCUT2D eigenvalue weighted by Gasteiger charge is 1.98. The first kappa shape index (κ1) is 13.3. The van der Waals surface area contributed by atoms with E-state index in [1.807, 2.05) is 12.1 Å². The third-order valence-corrected chi connectivity index (χ3v) is 3.14. The van der Waals surface area contributed by atoms with Crippen molar-refractivity contribution in [1.29, 1.82) is 0 Å². The third-order valence-electron chi connectivity index (χ3n) is 3.14. The van der Waals surface area contributed by atoms with Gasteiger partial charge in [0.15, 0.2) is 0 Å². The van der Waals surface area contributed by atoms with Crippen LogP contribution in [0.15, 0.2) is 48.5 Å². The van der Waals surface area contributed by atoms with E-state index in [1.54, 1.807) is 12.1 Å². The SMILES string of the molecule is Cc1ccccc1CCCOc1ccc(C=O)cc1. The second-order valence-corrected chi connectivity index (χ2v) is 4.57. The van der Waals surface area contributed by atoms with Crippen LogP contribution in [-0.2, 0) is 6.42 Å². The Morgan fingerprint density at radius 3 is 2.47 bits per heavy atom. The van der Waals surface area contributed by atoms with Crippen LogP contribution >= 0.6 is 0 Å². The average molecular weight is 254 g/mol. The van der Waals surface area contributed by atoms with Crippen LogP contribution < -0.4 is 4.74 Å². The number of rotatable bonds is 6. The molecule has 0 fully saturated rings. The number of benzene rings is 2. The average Bonchev–Trinajstić information content (AvgIpc) is 2.46. The molecule has 0 aliphatic heterocycles. The van der Waals surface area contributed by atoms with Gasteiger partial charge in [-0.25, -0.2) is 0 Å². The summed E-state index contributed by atoms with van der Waals surface area (Å²) in [6.45, 7) is 2.82. The van der Waals surface area contributed by atoms with E-state index in [-0.39, 0.29) is 0 Å². The highest BCUT2D eigenvalue weighted by Crippen LogP contribution is 2.13. The number of ether oxygens (including phenoxy) is 1. The molecule has 0 amide bonds. The van der Waals surface area contributed by atoms with Crippen LogP contribution in [0.1, 0.15) is 27.9 Å². The molecule has 0 unspecified atom stereocenters. The van der Waals surface area contributed by atoms with Crippen LogP contribution in [0.4, 0.5) is 0 Å². The maximum absolute atomic E-state index is 10.5. The van der Waals surface area contributed by atoms with Gasteiger partial charge in [0.2, 0.25) is 0 Å². The van der Waals surface area contributed by atoms with Gasteiger partial charge in [0.05, 0.1) is 6.61 Å². The Kier molecular flexibility index (Phi) is 4.73. The Morgan fingerprint density at radius 1 is 1.05 bits per heavy atom. The highest BCUT2D eigenvalue weighted by molar-refractivity contribution is 5.74. The van der Waals surface area contributed by atoms with Crippen molar-refractivity contribution in [3.05, 3.63) is 65.2 Å². The summed E-state index contributed by atoms with van der Waals surface area (Å²) in [4.78, 5) is 10.5. The second kappa shape index (κ2) is 6.74. The molecule has 0 heterocycles. The van der Waals surface area contributed by atoms with E-state index in [1.165, 1.54) is 11.1 Å². The molecule has 0 radical (unpaired) electrons. The Bertz CT molecular complexity index is 529. The topological polar surface area (TPSA) is 26.3 Å². The molecule has 0 aliphatic rings. The van der Waals surface area contributed by atoms with Crippen LogP contribution in [0.3, 0.4) is 0 Å². The van der Waals surface area contributed by atoms with Crippen molar-refractivity contribution in [2.75, 3.05) is 6.61 Å². The van der Waals surface area contributed by atoms with Crippen molar-refractivity contribution in [3.8, 4) is 5.75 Å². The van der Waals surface area contributed by atoms with Gasteiger partial charge >= 0.3 is 0 Å². The summed E-state index contributed by atoms with van der Waals surface area (Å²) in [5.74, 6) is 0.815. The predicted octanol–water partition coefficient (Wildman–Crippen LogP) is 3.82. The molecule has 98 valence electrons. The Morgan fingerprint density at radius 2 is 1.79 bits per heavy atom. The lowest BCUT2D eigenvalue weighted by Gasteiger charge is -2.07. The van der Waals surface area contributed by atoms with Crippen LogP contribution in [0, 0.1) is 6.92 Å². The molecule has 2 nitrogen and oxygen atoms in total. The van der Waals surface area contributed by atoms with Gasteiger partial charge < -0.3 is 4.74 Å². The number of carbonyl (C=O) groups excluding carboxylic acids is 1. The minimum absolute atomic E-state index is 0.673. The molecule has 0 atom stereocenters. The molecule has 2 heteroatoms. The first-order chi connectivity index (χ1) is 9.29. The fraction of sp³-hybridized carbons (Fsp3) is 0.235. The van der Waals surface area contributed by atoms with Gasteiger partial charge in [-0.3, -0.25) is 4.79 Å². The fourth-order valence-corrected chi connectivity index (χ4v) is 1.99. The van der Waals surface area contributed by atoms with Crippen molar-refractivity contribution in [3.63, 3.8) is 0 Å². The van der Waals surface area contributed by atoms with E-state index in [0.717, 1.165) is 24.9 Å². The van der Waals surface area contributed by atoms with Crippen molar-refractivity contribution >= 4 is 6.29 Å². The number of hydrogen-bond donors (Lipinski definition) is 0. The Labute approximate surface area is 114 Å². The molecule has 0 saturated heterocycles. The van der Waals surface area contributed by atoms with Crippen LogP contribution in [-0.4, -0.2) is 12.9 Å². The molecule has 0 saturated carbocycles. The van der Waals surface area contributed by atoms with Gasteiger partial charge in [-0.2, -0.15) is 0 Å². The summed E-state index contributed by atoms with van der Waals surface area (Å²) >= 11 is 0. The van der Waals surface area contributed by atoms with Crippen LogP contribution in [0.2, 0.25) is 0 Å². The van der Waals surface area contributed by atoms with Crippen molar-refractivity contribution in [2.24, 2.45) is 0 Å². The lowest BCUT2D eigenvalue weighted by molar-refractivity contribution is 0.112. The normalized spacial score (nSPS) is 10.2. The minimum Gasteiger partial charge on any atom is -0.494 e. The zero-order chi connectivity index (χ0) is 13.5. The number of aldehydes is 1. The molecule has 2 aromatic carbocycles. The van der Waals surface area contributed by atoms with E-state index in [9.17, 15) is 4.79 Å². The lowest BCUT2D eigenvalue weighted by atomic mass is 10.0. The van der Waals surface area contributed by atoms with Crippen LogP contribution in [0.25, 0.3) is 0 Å². The summed E-state index contributed by atoms with van der Waals surface area (Å²) in [7, 11) is 0. The number of aryl methyl sites for hydroxylation is 2. The zero-order valence-corrected chi connectivity index (χ0v) is 11.1. The summed E-state index contributed by atoms with van der Waals surface area (Å²) in [5.41, 5.74) is 3.38. The molecular formula is C17H18O2. The molecule has 0 aliphatic carbocycles. The molecular weight excluding hydrogens is 236 g/mol. The van der Waals surface area contributed by atoms with Gasteiger partial charge in [0, 0.05) is 5.56 Å².